The molecule has 2 atom stereocenters. The number of carbonyl (C=O) groups excluding carboxylic acids is 1. The molecule has 15 heavy (non-hydrogen) atoms. The molecule has 1 aromatic rings. The first-order valence-electron chi connectivity index (χ1n) is 4.76. The second kappa shape index (κ2) is 4.00. The molecule has 80 valence electrons. The maximum Gasteiger partial charge on any atom is 0.278 e. The van der Waals surface area contributed by atoms with Crippen molar-refractivity contribution in [3.05, 3.63) is 35.9 Å². The first-order chi connectivity index (χ1) is 7.24. The molecular weight excluding hydrogens is 194 g/mol. The fourth-order valence-corrected chi connectivity index (χ4v) is 1.47. The van der Waals surface area contributed by atoms with Gasteiger partial charge >= 0.3 is 0 Å². The number of ether oxygens (including phenoxy) is 1. The summed E-state index contributed by atoms with van der Waals surface area (Å²) in [6.07, 6.45) is -0.506. The van der Waals surface area contributed by atoms with Crippen molar-refractivity contribution in [1.29, 1.82) is 0 Å². The summed E-state index contributed by atoms with van der Waals surface area (Å²) in [7, 11) is 3.03. The van der Waals surface area contributed by atoms with Crippen LogP contribution in [0.1, 0.15) is 11.7 Å². The van der Waals surface area contributed by atoms with Crippen LogP contribution in [0.3, 0.4) is 0 Å². The Bertz CT molecular complexity index is 352. The lowest BCUT2D eigenvalue weighted by Crippen LogP contribution is -2.29. The Morgan fingerprint density at radius 1 is 1.40 bits per heavy atom. The second-order valence-electron chi connectivity index (χ2n) is 3.41. The molecule has 1 saturated heterocycles. The Labute approximate surface area is 88.4 Å². The number of hydroxylamine groups is 2. The molecule has 0 aliphatic carbocycles. The van der Waals surface area contributed by atoms with E-state index in [0.717, 1.165) is 5.56 Å². The van der Waals surface area contributed by atoms with Crippen molar-refractivity contribution >= 4 is 5.91 Å². The van der Waals surface area contributed by atoms with Gasteiger partial charge in [-0.1, -0.05) is 30.3 Å². The Kier molecular flexibility index (Phi) is 2.70. The highest BCUT2D eigenvalue weighted by Gasteiger charge is 2.47. The van der Waals surface area contributed by atoms with E-state index in [1.54, 1.807) is 7.05 Å². The summed E-state index contributed by atoms with van der Waals surface area (Å²) in [4.78, 5) is 16.4. The maximum absolute atomic E-state index is 11.6. The van der Waals surface area contributed by atoms with E-state index >= 15 is 0 Å². The molecule has 4 heteroatoms. The van der Waals surface area contributed by atoms with Gasteiger partial charge in [-0.25, -0.2) is 5.06 Å². The Balaban J connectivity index is 2.00. The highest BCUT2D eigenvalue weighted by molar-refractivity contribution is 5.83. The van der Waals surface area contributed by atoms with Gasteiger partial charge in [0, 0.05) is 7.05 Å². The molecule has 2 rings (SSSR count). The van der Waals surface area contributed by atoms with E-state index in [2.05, 4.69) is 0 Å². The second-order valence-corrected chi connectivity index (χ2v) is 3.41. The quantitative estimate of drug-likeness (QED) is 0.551. The lowest BCUT2D eigenvalue weighted by molar-refractivity contribution is -0.170. The van der Waals surface area contributed by atoms with E-state index in [0.29, 0.717) is 0 Å². The maximum atomic E-state index is 11.6. The average Bonchev–Trinajstić information content (AvgIpc) is 3.08. The molecule has 1 aliphatic rings. The highest BCUT2D eigenvalue weighted by atomic mass is 16.7. The minimum atomic E-state index is -0.391. The Hall–Kier alpha value is -1.39. The van der Waals surface area contributed by atoms with E-state index in [9.17, 15) is 4.79 Å². The molecule has 1 aromatic carbocycles. The van der Waals surface area contributed by atoms with E-state index in [1.165, 1.54) is 12.2 Å². The van der Waals surface area contributed by atoms with E-state index < -0.39 is 6.10 Å². The number of likely N-dealkylation sites (N-methyl/N-ethyl adjacent to an activating group) is 1. The lowest BCUT2D eigenvalue weighted by atomic mass is 10.1. The number of carbonyl (C=O) groups is 1. The highest BCUT2D eigenvalue weighted by Crippen LogP contribution is 2.39. The Morgan fingerprint density at radius 3 is 2.67 bits per heavy atom. The zero-order valence-electron chi connectivity index (χ0n) is 8.71. The molecule has 0 radical (unpaired) electrons. The minimum Gasteiger partial charge on any atom is -0.354 e. The van der Waals surface area contributed by atoms with Crippen LogP contribution < -0.4 is 0 Å². The fourth-order valence-electron chi connectivity index (χ4n) is 1.47. The van der Waals surface area contributed by atoms with Crippen molar-refractivity contribution in [2.24, 2.45) is 0 Å². The van der Waals surface area contributed by atoms with Crippen molar-refractivity contribution in [2.45, 2.75) is 12.2 Å². The standard InChI is InChI=1S/C11H13NO3/c1-12(14-2)11(13)10-9(15-10)8-6-4-3-5-7-8/h3-7,9-10H,1-2H3/t9-,10-/m1/s1. The molecule has 4 nitrogen and oxygen atoms in total. The summed E-state index contributed by atoms with van der Waals surface area (Å²) in [5.41, 5.74) is 1.03. The SMILES string of the molecule is CON(C)C(=O)[C@@H]1O[C@@H]1c1ccccc1. The molecular formula is C11H13NO3. The summed E-state index contributed by atoms with van der Waals surface area (Å²) in [5.74, 6) is -0.147. The number of hydrogen-bond donors (Lipinski definition) is 0. The molecule has 0 unspecified atom stereocenters. The fraction of sp³-hybridized carbons (Fsp3) is 0.364. The van der Waals surface area contributed by atoms with Gasteiger partial charge in [-0.15, -0.1) is 0 Å². The van der Waals surface area contributed by atoms with Gasteiger partial charge in [-0.2, -0.15) is 0 Å². The molecule has 1 amide bonds. The van der Waals surface area contributed by atoms with Crippen LogP contribution in [0.15, 0.2) is 30.3 Å². The monoisotopic (exact) mass is 207 g/mol. The average molecular weight is 207 g/mol. The first-order valence-corrected chi connectivity index (χ1v) is 4.76. The molecule has 1 aliphatic heterocycles. The van der Waals surface area contributed by atoms with Crippen LogP contribution in [0.2, 0.25) is 0 Å². The van der Waals surface area contributed by atoms with Crippen molar-refractivity contribution in [1.82, 2.24) is 5.06 Å². The van der Waals surface area contributed by atoms with E-state index in [1.807, 2.05) is 30.3 Å². The number of benzene rings is 1. The molecule has 0 aromatic heterocycles. The smallest absolute Gasteiger partial charge is 0.278 e. The molecule has 0 spiro atoms. The number of hydrogen-bond acceptors (Lipinski definition) is 3. The lowest BCUT2D eigenvalue weighted by Gasteiger charge is -2.11. The number of epoxide rings is 1. The van der Waals surface area contributed by atoms with Crippen LogP contribution in [0.5, 0.6) is 0 Å². The van der Waals surface area contributed by atoms with Gasteiger partial charge in [0.2, 0.25) is 0 Å². The molecule has 1 heterocycles. The number of rotatable bonds is 3. The first kappa shape index (κ1) is 10.1. The van der Waals surface area contributed by atoms with Crippen LogP contribution in [-0.4, -0.2) is 31.2 Å². The Morgan fingerprint density at radius 2 is 2.07 bits per heavy atom. The van der Waals surface area contributed by atoms with Gasteiger partial charge in [0.25, 0.3) is 5.91 Å². The largest absolute Gasteiger partial charge is 0.354 e. The summed E-state index contributed by atoms with van der Waals surface area (Å²) in [5, 5.41) is 1.19. The molecule has 0 bridgehead atoms. The summed E-state index contributed by atoms with van der Waals surface area (Å²) in [6.45, 7) is 0. The van der Waals surface area contributed by atoms with Crippen molar-refractivity contribution in [3.8, 4) is 0 Å². The summed E-state index contributed by atoms with van der Waals surface area (Å²) < 4.78 is 5.32. The molecule has 1 fully saturated rings. The van der Waals surface area contributed by atoms with E-state index in [-0.39, 0.29) is 12.0 Å². The number of amides is 1. The summed E-state index contributed by atoms with van der Waals surface area (Å²) in [6, 6.07) is 9.69. The summed E-state index contributed by atoms with van der Waals surface area (Å²) >= 11 is 0. The van der Waals surface area contributed by atoms with Gasteiger partial charge in [0.05, 0.1) is 7.11 Å². The van der Waals surface area contributed by atoms with Crippen LogP contribution in [-0.2, 0) is 14.4 Å². The predicted octanol–water partition coefficient (Wildman–Crippen LogP) is 1.15. The van der Waals surface area contributed by atoms with Crippen LogP contribution in [0, 0.1) is 0 Å². The van der Waals surface area contributed by atoms with Crippen molar-refractivity contribution in [3.63, 3.8) is 0 Å². The number of nitrogens with zero attached hydrogens (tertiary/aromatic N) is 1. The van der Waals surface area contributed by atoms with Gasteiger partial charge in [-0.3, -0.25) is 9.63 Å². The predicted molar refractivity (Wildman–Crippen MR) is 53.8 cm³/mol. The topological polar surface area (TPSA) is 42.1 Å². The van der Waals surface area contributed by atoms with Crippen molar-refractivity contribution < 1.29 is 14.4 Å². The van der Waals surface area contributed by atoms with Crippen molar-refractivity contribution in [2.75, 3.05) is 14.2 Å². The van der Waals surface area contributed by atoms with Crippen LogP contribution in [0.25, 0.3) is 0 Å². The zero-order chi connectivity index (χ0) is 10.8. The van der Waals surface area contributed by atoms with Gasteiger partial charge < -0.3 is 4.74 Å². The normalized spacial score (nSPS) is 23.6. The minimum absolute atomic E-state index is 0.115. The van der Waals surface area contributed by atoms with E-state index in [4.69, 9.17) is 9.57 Å². The molecule has 0 saturated carbocycles. The third-order valence-electron chi connectivity index (χ3n) is 2.45. The van der Waals surface area contributed by atoms with Crippen LogP contribution in [0.4, 0.5) is 0 Å². The van der Waals surface area contributed by atoms with Crippen LogP contribution >= 0.6 is 0 Å². The van der Waals surface area contributed by atoms with Gasteiger partial charge in [0.1, 0.15) is 6.10 Å². The third-order valence-corrected chi connectivity index (χ3v) is 2.45. The third kappa shape index (κ3) is 2.00. The zero-order valence-corrected chi connectivity index (χ0v) is 8.71. The molecule has 0 N–H and O–H groups in total. The van der Waals surface area contributed by atoms with Gasteiger partial charge in [0.15, 0.2) is 6.10 Å². The van der Waals surface area contributed by atoms with Gasteiger partial charge in [-0.05, 0) is 5.56 Å².